The molecule has 0 aliphatic carbocycles. The third kappa shape index (κ3) is 56.6. The van der Waals surface area contributed by atoms with E-state index in [0.29, 0.717) is 25.9 Å². The summed E-state index contributed by atoms with van der Waals surface area (Å²) >= 11 is 60.3. The molecule has 121 heavy (non-hydrogen) atoms. The monoisotopic (exact) mass is 1950 g/mol. The van der Waals surface area contributed by atoms with Crippen LogP contribution in [0.25, 0.3) is 0 Å². The van der Waals surface area contributed by atoms with Crippen molar-refractivity contribution in [2.75, 3.05) is 31.9 Å². The van der Waals surface area contributed by atoms with Crippen molar-refractivity contribution in [1.29, 1.82) is 0 Å². The molecule has 0 saturated heterocycles. The summed E-state index contributed by atoms with van der Waals surface area (Å²) in [5, 5.41) is 19.1. The van der Waals surface area contributed by atoms with E-state index in [-0.39, 0.29) is 21.1 Å². The molecule has 0 bridgehead atoms. The number of rotatable bonds is 54. The number of unbranched alkanes of at least 4 members (excludes halogenated alkanes) is 24. The normalized spacial score (nSPS) is 10.4. The van der Waals surface area contributed by atoms with Gasteiger partial charge in [-0.1, -0.05) is 336 Å². The van der Waals surface area contributed by atoms with Crippen molar-refractivity contribution >= 4 is 209 Å². The van der Waals surface area contributed by atoms with E-state index in [4.69, 9.17) is 149 Å². The number of aryl methyl sites for hydroxylation is 6. The Bertz CT molecular complexity index is 3120. The fraction of sp³-hybridized carbons (Fsp3) is 0.588. The zero-order valence-electron chi connectivity index (χ0n) is 76.6. The fourth-order valence-electron chi connectivity index (χ4n) is 15.1. The third-order valence-electron chi connectivity index (χ3n) is 21.5. The Balaban J connectivity index is 0.00000143. The van der Waals surface area contributed by atoms with Crippen LogP contribution in [0.15, 0.2) is 109 Å². The van der Waals surface area contributed by atoms with Gasteiger partial charge in [0.1, 0.15) is 0 Å². The number of hydrogen-bond donors (Lipinski definition) is 6. The van der Waals surface area contributed by atoms with E-state index in [1.54, 1.807) is 0 Å². The number of benzene rings is 6. The Morgan fingerprint density at radius 1 is 0.182 bits per heavy atom. The van der Waals surface area contributed by atoms with Crippen LogP contribution in [0.1, 0.15) is 381 Å². The van der Waals surface area contributed by atoms with Gasteiger partial charge in [-0.2, -0.15) is 0 Å². The van der Waals surface area contributed by atoms with Crippen molar-refractivity contribution in [3.63, 3.8) is 0 Å². The second-order valence-electron chi connectivity index (χ2n) is 31.6. The number of hydrogen-bond acceptors (Lipinski definition) is 12. The maximum absolute atomic E-state index is 5.03. The summed E-state index contributed by atoms with van der Waals surface area (Å²) in [5.74, 6) is 0. The van der Waals surface area contributed by atoms with Crippen molar-refractivity contribution in [1.82, 2.24) is 0 Å². The van der Waals surface area contributed by atoms with Crippen LogP contribution in [0, 0.1) is 0 Å². The molecule has 0 aromatic heterocycles. The summed E-state index contributed by atoms with van der Waals surface area (Å²) < 4.78 is 2.62. The molecule has 6 N–H and O–H groups in total. The van der Waals surface area contributed by atoms with Gasteiger partial charge in [-0.3, -0.25) is 0 Å². The van der Waals surface area contributed by atoms with Gasteiger partial charge in [0.25, 0.3) is 0 Å². The molecule has 0 heterocycles. The van der Waals surface area contributed by atoms with Crippen LogP contribution in [0.4, 0.5) is 34.1 Å². The van der Waals surface area contributed by atoms with E-state index in [0.717, 1.165) is 111 Å². The molecule has 0 radical (unpaired) electrons. The van der Waals surface area contributed by atoms with Crippen molar-refractivity contribution in [3.05, 3.63) is 176 Å². The molecule has 19 heteroatoms. The van der Waals surface area contributed by atoms with Gasteiger partial charge in [-0.05, 0) is 257 Å². The Morgan fingerprint density at radius 3 is 0.388 bits per heavy atom. The van der Waals surface area contributed by atoms with E-state index in [9.17, 15) is 0 Å². The number of thiocarbonyl (C=S) groups is 6. The van der Waals surface area contributed by atoms with Crippen molar-refractivity contribution in [2.24, 2.45) is 0 Å². The zero-order valence-corrected chi connectivity index (χ0v) is 88.4. The van der Waals surface area contributed by atoms with Gasteiger partial charge in [-0.15, -0.1) is 0 Å². The van der Waals surface area contributed by atoms with E-state index in [1.165, 1.54) is 298 Å². The van der Waals surface area contributed by atoms with Gasteiger partial charge >= 0.3 is 21.1 Å². The van der Waals surface area contributed by atoms with Crippen LogP contribution in [0.3, 0.4) is 0 Å². The molecule has 0 aliphatic heterocycles. The standard InChI is InChI=1S/6C17H27NS2.Mo/c6*1-3-5-7-10-14-11-9-13-16(18-17(19)20)15(14)12-8-6-4-2;/h6*9,11,13H,3-8,10,12H2,1-2H3,(H2,18,19,20);/q;;;;;;+6/p-6. The quantitative estimate of drug-likeness (QED) is 0.00949. The predicted octanol–water partition coefficient (Wildman–Crippen LogP) is 32.4. The first-order chi connectivity index (χ1) is 58.1. The minimum Gasteiger partial charge on any atom is -0.411 e. The first kappa shape index (κ1) is 118. The minimum atomic E-state index is 0. The molecule has 0 amide bonds. The van der Waals surface area contributed by atoms with Gasteiger partial charge in [0.15, 0.2) is 0 Å². The molecular weight excluding hydrogens is 1790 g/mol. The third-order valence-corrected chi connectivity index (χ3v) is 22.8. The van der Waals surface area contributed by atoms with Gasteiger partial charge in [0.05, 0.1) is 0 Å². The SMILES string of the molecule is CCCCCc1cccc(NC(=S)[S-])c1CCCCC.CCCCCc1cccc(NC(=S)[S-])c1CCCCC.CCCCCc1cccc(NC(=S)[S-])c1CCCCC.CCCCCc1cccc(NC(=S)[S-])c1CCCCC.CCCCCc1cccc(NC(=S)[S-])c1CCCCC.CCCCCc1cccc(NC(=S)[S-])c1CCCCC.[Mo+6]. The molecule has 672 valence electrons. The first-order valence-corrected chi connectivity index (χ1v) is 51.5. The van der Waals surface area contributed by atoms with Crippen molar-refractivity contribution in [3.8, 4) is 0 Å². The van der Waals surface area contributed by atoms with Crippen LogP contribution in [0.2, 0.25) is 0 Å². The summed E-state index contributed by atoms with van der Waals surface area (Å²) in [4.78, 5) is 0. The van der Waals surface area contributed by atoms with Crippen LogP contribution >= 0.6 is 73.3 Å². The van der Waals surface area contributed by atoms with Crippen LogP contribution in [-0.2, 0) is 174 Å². The first-order valence-electron chi connectivity index (χ1n) is 46.6. The Morgan fingerprint density at radius 2 is 0.289 bits per heavy atom. The maximum Gasteiger partial charge on any atom is 6.00 e. The average Bonchev–Trinajstić information content (AvgIpc) is 0.882. The molecule has 6 nitrogen and oxygen atoms in total. The smallest absolute Gasteiger partial charge is 0.411 e. The molecule has 0 spiro atoms. The Labute approximate surface area is 821 Å². The average molecular weight is 1950 g/mol. The Hall–Kier alpha value is -3.33. The van der Waals surface area contributed by atoms with Crippen LogP contribution < -0.4 is 31.9 Å². The molecule has 6 aromatic rings. The van der Waals surface area contributed by atoms with E-state index in [2.05, 4.69) is 224 Å². The topological polar surface area (TPSA) is 72.2 Å². The summed E-state index contributed by atoms with van der Waals surface area (Å²) in [6.07, 6.45) is 59.2. The molecule has 0 fully saturated rings. The largest absolute Gasteiger partial charge is 6.00 e. The van der Waals surface area contributed by atoms with E-state index >= 15 is 0 Å². The summed E-state index contributed by atoms with van der Waals surface area (Å²) in [6, 6.07) is 38.8. The maximum atomic E-state index is 5.03. The zero-order chi connectivity index (χ0) is 88.8. The van der Waals surface area contributed by atoms with Crippen LogP contribution in [-0.4, -0.2) is 25.9 Å². The molecule has 0 atom stereocenters. The number of nitrogens with one attached hydrogen (secondary N) is 6. The summed E-state index contributed by atoms with van der Waals surface area (Å²) in [7, 11) is 0. The Kier molecular flexibility index (Phi) is 76.7. The minimum absolute atomic E-state index is 0. The summed E-state index contributed by atoms with van der Waals surface area (Å²) in [5.41, 5.74) is 24.0. The second-order valence-corrected chi connectivity index (χ2v) is 38.1. The second kappa shape index (κ2) is 78.9. The summed E-state index contributed by atoms with van der Waals surface area (Å²) in [6.45, 7) is 26.9. The van der Waals surface area contributed by atoms with Crippen molar-refractivity contribution in [2.45, 2.75) is 391 Å². The van der Waals surface area contributed by atoms with E-state index < -0.39 is 0 Å². The molecule has 0 saturated carbocycles. The van der Waals surface area contributed by atoms with Gasteiger partial charge in [0, 0.05) is 34.1 Å². The molecule has 6 rings (SSSR count). The molecular formula is C102H156MoN6S12. The molecule has 6 aromatic carbocycles. The van der Waals surface area contributed by atoms with Gasteiger partial charge in [-0.25, -0.2) is 0 Å². The van der Waals surface area contributed by atoms with Gasteiger partial charge < -0.3 is 181 Å². The van der Waals surface area contributed by atoms with Gasteiger partial charge in [0.2, 0.25) is 0 Å². The molecule has 0 aliphatic rings. The van der Waals surface area contributed by atoms with Crippen LogP contribution in [0.5, 0.6) is 0 Å². The predicted molar refractivity (Wildman–Crippen MR) is 579 cm³/mol. The fourth-order valence-corrected chi connectivity index (χ4v) is 16.4. The molecule has 0 unspecified atom stereocenters. The van der Waals surface area contributed by atoms with E-state index in [1.807, 2.05) is 0 Å². The van der Waals surface area contributed by atoms with Crippen molar-refractivity contribution < 1.29 is 21.1 Å². The number of anilines is 6.